The zero-order valence-electron chi connectivity index (χ0n) is 9.91. The molecule has 0 aromatic heterocycles. The van der Waals surface area contributed by atoms with E-state index >= 15 is 0 Å². The molecule has 1 fully saturated rings. The third-order valence-corrected chi connectivity index (χ3v) is 4.23. The van der Waals surface area contributed by atoms with E-state index in [-0.39, 0.29) is 0 Å². The summed E-state index contributed by atoms with van der Waals surface area (Å²) in [7, 11) is 0. The van der Waals surface area contributed by atoms with Crippen molar-refractivity contribution in [1.82, 2.24) is 5.32 Å². The first-order chi connectivity index (χ1) is 7.93. The van der Waals surface area contributed by atoms with E-state index < -0.39 is 0 Å². The van der Waals surface area contributed by atoms with E-state index in [9.17, 15) is 0 Å². The zero-order chi connectivity index (χ0) is 10.8. The van der Waals surface area contributed by atoms with Crippen LogP contribution >= 0.6 is 0 Å². The van der Waals surface area contributed by atoms with Crippen LogP contribution in [0.1, 0.15) is 49.1 Å². The Kier molecular flexibility index (Phi) is 2.96. The van der Waals surface area contributed by atoms with Crippen LogP contribution in [-0.2, 0) is 6.42 Å². The van der Waals surface area contributed by atoms with E-state index in [0.29, 0.717) is 0 Å². The number of rotatable bonds is 2. The van der Waals surface area contributed by atoms with Crippen molar-refractivity contribution in [3.8, 4) is 0 Å². The van der Waals surface area contributed by atoms with E-state index in [2.05, 4.69) is 29.6 Å². The minimum absolute atomic E-state index is 0.788. The molecule has 0 unspecified atom stereocenters. The molecule has 1 heteroatoms. The molecule has 1 aliphatic carbocycles. The Morgan fingerprint density at radius 1 is 1.12 bits per heavy atom. The summed E-state index contributed by atoms with van der Waals surface area (Å²) in [5.74, 6) is 0.820. The zero-order valence-corrected chi connectivity index (χ0v) is 9.91. The highest BCUT2D eigenvalue weighted by atomic mass is 14.9. The van der Waals surface area contributed by atoms with Crippen molar-refractivity contribution in [1.29, 1.82) is 0 Å². The van der Waals surface area contributed by atoms with Gasteiger partial charge < -0.3 is 5.32 Å². The van der Waals surface area contributed by atoms with Gasteiger partial charge in [-0.15, -0.1) is 0 Å². The summed E-state index contributed by atoms with van der Waals surface area (Å²) in [6.07, 6.45) is 8.20. The predicted molar refractivity (Wildman–Crippen MR) is 67.8 cm³/mol. The minimum Gasteiger partial charge on any atom is -0.314 e. The van der Waals surface area contributed by atoms with Crippen LogP contribution in [-0.4, -0.2) is 12.6 Å². The normalized spacial score (nSPS) is 29.0. The average molecular weight is 215 g/mol. The smallest absolute Gasteiger partial charge is 0.00733 e. The number of hydrogen-bond acceptors (Lipinski definition) is 1. The molecule has 1 nitrogen and oxygen atoms in total. The number of fused-ring (bicyclic) bond motifs is 1. The van der Waals surface area contributed by atoms with Crippen molar-refractivity contribution in [3.63, 3.8) is 0 Å². The van der Waals surface area contributed by atoms with E-state index in [4.69, 9.17) is 0 Å². The molecule has 1 aliphatic heterocycles. The second-order valence-corrected chi connectivity index (χ2v) is 5.32. The summed E-state index contributed by atoms with van der Waals surface area (Å²) in [5, 5.41) is 3.63. The second-order valence-electron chi connectivity index (χ2n) is 5.32. The molecule has 16 heavy (non-hydrogen) atoms. The lowest BCUT2D eigenvalue weighted by molar-refractivity contribution is 0.445. The van der Waals surface area contributed by atoms with Gasteiger partial charge in [-0.3, -0.25) is 0 Å². The van der Waals surface area contributed by atoms with Gasteiger partial charge in [0.25, 0.3) is 0 Å². The van der Waals surface area contributed by atoms with Gasteiger partial charge in [-0.2, -0.15) is 0 Å². The van der Waals surface area contributed by atoms with Crippen LogP contribution in [0.5, 0.6) is 0 Å². The lowest BCUT2D eigenvalue weighted by Gasteiger charge is -2.27. The second kappa shape index (κ2) is 4.58. The lowest BCUT2D eigenvalue weighted by Crippen LogP contribution is -2.25. The highest BCUT2D eigenvalue weighted by Crippen LogP contribution is 2.35. The van der Waals surface area contributed by atoms with E-state index in [1.165, 1.54) is 45.1 Å². The molecule has 1 aromatic carbocycles. The number of benzene rings is 1. The van der Waals surface area contributed by atoms with Crippen molar-refractivity contribution < 1.29 is 0 Å². The van der Waals surface area contributed by atoms with Gasteiger partial charge in [0.1, 0.15) is 0 Å². The summed E-state index contributed by atoms with van der Waals surface area (Å²) in [5.41, 5.74) is 3.25. The highest BCUT2D eigenvalue weighted by Gasteiger charge is 2.24. The van der Waals surface area contributed by atoms with Gasteiger partial charge in [0.2, 0.25) is 0 Å². The maximum Gasteiger partial charge on any atom is 0.00733 e. The summed E-state index contributed by atoms with van der Waals surface area (Å²) in [4.78, 5) is 0. The fraction of sp³-hybridized carbons (Fsp3) is 0.600. The van der Waals surface area contributed by atoms with Crippen LogP contribution in [0.4, 0.5) is 0 Å². The lowest BCUT2D eigenvalue weighted by atomic mass is 9.79. The molecule has 86 valence electrons. The number of aryl methyl sites for hydroxylation is 1. The third kappa shape index (κ3) is 2.01. The first-order valence-electron chi connectivity index (χ1n) is 6.74. The Balaban J connectivity index is 1.76. The largest absolute Gasteiger partial charge is 0.314 e. The molecule has 3 rings (SSSR count). The highest BCUT2D eigenvalue weighted by molar-refractivity contribution is 5.32. The standard InChI is InChI=1S/C15H21N/c1-2-9-15-12(5-1)6-3-7-13(15)11-14-8-4-10-16-14/h1-2,5,9,13-14,16H,3-4,6-8,10-11H2/t13-,14+/m0/s1. The van der Waals surface area contributed by atoms with Crippen molar-refractivity contribution >= 4 is 0 Å². The quantitative estimate of drug-likeness (QED) is 0.798. The Morgan fingerprint density at radius 3 is 2.94 bits per heavy atom. The fourth-order valence-corrected chi connectivity index (χ4v) is 3.40. The molecule has 0 spiro atoms. The van der Waals surface area contributed by atoms with Crippen LogP contribution in [0, 0.1) is 0 Å². The number of hydrogen-bond donors (Lipinski definition) is 1. The molecule has 0 saturated carbocycles. The van der Waals surface area contributed by atoms with E-state index in [0.717, 1.165) is 12.0 Å². The van der Waals surface area contributed by atoms with Crippen molar-refractivity contribution in [3.05, 3.63) is 35.4 Å². The minimum atomic E-state index is 0.788. The molecule has 1 heterocycles. The van der Waals surface area contributed by atoms with Crippen LogP contribution in [0.25, 0.3) is 0 Å². The van der Waals surface area contributed by atoms with Crippen LogP contribution < -0.4 is 5.32 Å². The molecular formula is C15H21N. The molecule has 2 aliphatic rings. The predicted octanol–water partition coefficient (Wildman–Crippen LogP) is 3.25. The number of nitrogens with one attached hydrogen (secondary N) is 1. The van der Waals surface area contributed by atoms with Crippen LogP contribution in [0.3, 0.4) is 0 Å². The van der Waals surface area contributed by atoms with Gasteiger partial charge in [-0.1, -0.05) is 24.3 Å². The first kappa shape index (κ1) is 10.3. The van der Waals surface area contributed by atoms with Gasteiger partial charge in [0.15, 0.2) is 0 Å². The van der Waals surface area contributed by atoms with Gasteiger partial charge >= 0.3 is 0 Å². The Bertz CT molecular complexity index is 352. The molecule has 0 bridgehead atoms. The summed E-state index contributed by atoms with van der Waals surface area (Å²) in [6, 6.07) is 9.86. The molecule has 1 N–H and O–H groups in total. The van der Waals surface area contributed by atoms with Gasteiger partial charge in [-0.25, -0.2) is 0 Å². The third-order valence-electron chi connectivity index (χ3n) is 4.23. The SMILES string of the molecule is c1ccc2c(c1)CCC[C@H]2C[C@H]1CCCN1. The van der Waals surface area contributed by atoms with Crippen molar-refractivity contribution in [2.24, 2.45) is 0 Å². The summed E-state index contributed by atoms with van der Waals surface area (Å²) >= 11 is 0. The maximum absolute atomic E-state index is 3.63. The molecule has 2 atom stereocenters. The molecule has 0 radical (unpaired) electrons. The Hall–Kier alpha value is -0.820. The first-order valence-corrected chi connectivity index (χ1v) is 6.74. The van der Waals surface area contributed by atoms with E-state index in [1.54, 1.807) is 11.1 Å². The van der Waals surface area contributed by atoms with Crippen LogP contribution in [0.2, 0.25) is 0 Å². The fourth-order valence-electron chi connectivity index (χ4n) is 3.40. The van der Waals surface area contributed by atoms with Crippen molar-refractivity contribution in [2.75, 3.05) is 6.54 Å². The topological polar surface area (TPSA) is 12.0 Å². The molecule has 0 amide bonds. The average Bonchev–Trinajstić information content (AvgIpc) is 2.82. The summed E-state index contributed by atoms with van der Waals surface area (Å²) < 4.78 is 0. The van der Waals surface area contributed by atoms with Crippen LogP contribution in [0.15, 0.2) is 24.3 Å². The summed E-state index contributed by atoms with van der Waals surface area (Å²) in [6.45, 7) is 1.24. The monoisotopic (exact) mass is 215 g/mol. The molecule has 1 aromatic rings. The molecule has 1 saturated heterocycles. The van der Waals surface area contributed by atoms with E-state index in [1.807, 2.05) is 0 Å². The molecular weight excluding hydrogens is 194 g/mol. The Morgan fingerprint density at radius 2 is 2.06 bits per heavy atom. The Labute approximate surface area is 98.3 Å². The van der Waals surface area contributed by atoms with Gasteiger partial charge in [0.05, 0.1) is 0 Å². The van der Waals surface area contributed by atoms with Gasteiger partial charge in [0, 0.05) is 6.04 Å². The maximum atomic E-state index is 3.63. The van der Waals surface area contributed by atoms with Gasteiger partial charge in [-0.05, 0) is 62.1 Å². The van der Waals surface area contributed by atoms with Crippen molar-refractivity contribution in [2.45, 2.75) is 50.5 Å².